The first kappa shape index (κ1) is 15.5. The summed E-state index contributed by atoms with van der Waals surface area (Å²) in [6.45, 7) is 6.88. The summed E-state index contributed by atoms with van der Waals surface area (Å²) >= 11 is 0. The Balaban J connectivity index is 1.94. The maximum atomic E-state index is 4.42. The van der Waals surface area contributed by atoms with E-state index in [2.05, 4.69) is 54.8 Å². The molecule has 1 aliphatic rings. The molecule has 4 heteroatoms. The average molecular weight is 278 g/mol. The van der Waals surface area contributed by atoms with Gasteiger partial charge in [-0.15, -0.1) is 0 Å². The standard InChI is InChI=1S/C16H30N4/c1-16(2)7-6-14(17-3)13(10-16)11-19(4)12-15-18-8-9-20(15)5/h8-9,13-14,17H,6-7,10-12H2,1-5H3. The topological polar surface area (TPSA) is 33.1 Å². The highest BCUT2D eigenvalue weighted by Gasteiger charge is 2.34. The largest absolute Gasteiger partial charge is 0.337 e. The normalized spacial score (nSPS) is 26.1. The molecule has 1 saturated carbocycles. The Bertz CT molecular complexity index is 424. The number of nitrogens with one attached hydrogen (secondary N) is 1. The number of nitrogens with zero attached hydrogens (tertiary/aromatic N) is 3. The SMILES string of the molecule is CNC1CCC(C)(C)CC1CN(C)Cc1nccn1C. The molecule has 1 aliphatic carbocycles. The van der Waals surface area contributed by atoms with E-state index in [9.17, 15) is 0 Å². The van der Waals surface area contributed by atoms with Crippen LogP contribution in [0.5, 0.6) is 0 Å². The van der Waals surface area contributed by atoms with E-state index in [0.29, 0.717) is 11.5 Å². The zero-order chi connectivity index (χ0) is 14.8. The van der Waals surface area contributed by atoms with Crippen molar-refractivity contribution in [3.8, 4) is 0 Å². The molecule has 0 radical (unpaired) electrons. The van der Waals surface area contributed by atoms with E-state index in [4.69, 9.17) is 0 Å². The molecule has 2 unspecified atom stereocenters. The molecule has 114 valence electrons. The van der Waals surface area contributed by atoms with Gasteiger partial charge < -0.3 is 9.88 Å². The third-order valence-corrected chi connectivity index (χ3v) is 4.77. The van der Waals surface area contributed by atoms with Gasteiger partial charge in [-0.3, -0.25) is 4.90 Å². The van der Waals surface area contributed by atoms with Gasteiger partial charge in [0, 0.05) is 32.0 Å². The highest BCUT2D eigenvalue weighted by Crippen LogP contribution is 2.38. The summed E-state index contributed by atoms with van der Waals surface area (Å²) in [4.78, 5) is 6.84. The van der Waals surface area contributed by atoms with Crippen molar-refractivity contribution in [2.45, 2.75) is 45.7 Å². The van der Waals surface area contributed by atoms with Gasteiger partial charge >= 0.3 is 0 Å². The molecular formula is C16H30N4. The van der Waals surface area contributed by atoms with E-state index in [1.54, 1.807) is 0 Å². The Morgan fingerprint density at radius 3 is 2.85 bits per heavy atom. The van der Waals surface area contributed by atoms with Crippen molar-refractivity contribution in [3.05, 3.63) is 18.2 Å². The Kier molecular flexibility index (Phi) is 4.86. The summed E-state index contributed by atoms with van der Waals surface area (Å²) in [7, 11) is 6.38. The maximum absolute atomic E-state index is 4.42. The van der Waals surface area contributed by atoms with Crippen molar-refractivity contribution in [2.24, 2.45) is 18.4 Å². The van der Waals surface area contributed by atoms with Crippen LogP contribution in [-0.4, -0.2) is 41.1 Å². The van der Waals surface area contributed by atoms with E-state index >= 15 is 0 Å². The molecular weight excluding hydrogens is 248 g/mol. The van der Waals surface area contributed by atoms with Crippen LogP contribution in [0, 0.1) is 11.3 Å². The van der Waals surface area contributed by atoms with Crippen molar-refractivity contribution in [2.75, 3.05) is 20.6 Å². The minimum Gasteiger partial charge on any atom is -0.337 e. The zero-order valence-electron chi connectivity index (χ0n) is 13.7. The van der Waals surface area contributed by atoms with Crippen LogP contribution in [0.15, 0.2) is 12.4 Å². The monoisotopic (exact) mass is 278 g/mol. The third kappa shape index (κ3) is 3.83. The Morgan fingerprint density at radius 2 is 2.25 bits per heavy atom. The number of hydrogen-bond acceptors (Lipinski definition) is 3. The zero-order valence-corrected chi connectivity index (χ0v) is 13.7. The molecule has 1 heterocycles. The van der Waals surface area contributed by atoms with E-state index in [-0.39, 0.29) is 0 Å². The first-order valence-electron chi connectivity index (χ1n) is 7.73. The second-order valence-electron chi connectivity index (χ2n) is 7.21. The van der Waals surface area contributed by atoms with Gasteiger partial charge in [0.2, 0.25) is 0 Å². The van der Waals surface area contributed by atoms with Gasteiger partial charge in [0.1, 0.15) is 5.82 Å². The lowest BCUT2D eigenvalue weighted by molar-refractivity contribution is 0.109. The van der Waals surface area contributed by atoms with Crippen LogP contribution in [0.4, 0.5) is 0 Å². The van der Waals surface area contributed by atoms with Crippen molar-refractivity contribution in [1.29, 1.82) is 0 Å². The molecule has 0 bridgehead atoms. The van der Waals surface area contributed by atoms with E-state index in [0.717, 1.165) is 24.8 Å². The average Bonchev–Trinajstić information content (AvgIpc) is 2.74. The Labute approximate surface area is 123 Å². The van der Waals surface area contributed by atoms with Crippen LogP contribution < -0.4 is 5.32 Å². The minimum absolute atomic E-state index is 0.488. The van der Waals surface area contributed by atoms with Crippen LogP contribution in [-0.2, 0) is 13.6 Å². The van der Waals surface area contributed by atoms with Crippen molar-refractivity contribution in [1.82, 2.24) is 19.8 Å². The van der Waals surface area contributed by atoms with Crippen LogP contribution in [0.1, 0.15) is 38.9 Å². The lowest BCUT2D eigenvalue weighted by Crippen LogP contribution is -2.45. The third-order valence-electron chi connectivity index (χ3n) is 4.77. The summed E-state index contributed by atoms with van der Waals surface area (Å²) in [5.74, 6) is 1.87. The first-order chi connectivity index (χ1) is 9.41. The van der Waals surface area contributed by atoms with Crippen LogP contribution >= 0.6 is 0 Å². The van der Waals surface area contributed by atoms with E-state index < -0.39 is 0 Å². The number of imidazole rings is 1. The number of rotatable bonds is 5. The van der Waals surface area contributed by atoms with Crippen LogP contribution in [0.3, 0.4) is 0 Å². The molecule has 0 spiro atoms. The second kappa shape index (κ2) is 6.27. The number of aromatic nitrogens is 2. The minimum atomic E-state index is 0.488. The molecule has 1 fully saturated rings. The second-order valence-corrected chi connectivity index (χ2v) is 7.21. The predicted octanol–water partition coefficient (Wildman–Crippen LogP) is 2.27. The molecule has 1 N–H and O–H groups in total. The molecule has 2 atom stereocenters. The molecule has 20 heavy (non-hydrogen) atoms. The fraction of sp³-hybridized carbons (Fsp3) is 0.812. The molecule has 4 nitrogen and oxygen atoms in total. The molecule has 0 saturated heterocycles. The molecule has 2 rings (SSSR count). The predicted molar refractivity (Wildman–Crippen MR) is 83.5 cm³/mol. The number of aryl methyl sites for hydroxylation is 1. The van der Waals surface area contributed by atoms with Gasteiger partial charge in [-0.2, -0.15) is 0 Å². The molecule has 0 aliphatic heterocycles. The smallest absolute Gasteiger partial charge is 0.122 e. The van der Waals surface area contributed by atoms with Gasteiger partial charge in [-0.05, 0) is 44.7 Å². The van der Waals surface area contributed by atoms with Gasteiger partial charge in [-0.1, -0.05) is 13.8 Å². The number of hydrogen-bond donors (Lipinski definition) is 1. The lowest BCUT2D eigenvalue weighted by atomic mass is 9.70. The fourth-order valence-corrected chi connectivity index (χ4v) is 3.56. The van der Waals surface area contributed by atoms with Gasteiger partial charge in [0.05, 0.1) is 6.54 Å². The fourth-order valence-electron chi connectivity index (χ4n) is 3.56. The Morgan fingerprint density at radius 1 is 1.50 bits per heavy atom. The van der Waals surface area contributed by atoms with Crippen molar-refractivity contribution >= 4 is 0 Å². The summed E-state index contributed by atoms with van der Waals surface area (Å²) in [6.07, 6.45) is 7.83. The molecule has 0 amide bonds. The summed E-state index contributed by atoms with van der Waals surface area (Å²) in [5.41, 5.74) is 0.488. The maximum Gasteiger partial charge on any atom is 0.122 e. The summed E-state index contributed by atoms with van der Waals surface area (Å²) < 4.78 is 2.11. The molecule has 1 aromatic heterocycles. The highest BCUT2D eigenvalue weighted by molar-refractivity contribution is 4.93. The van der Waals surface area contributed by atoms with Gasteiger partial charge in [0.25, 0.3) is 0 Å². The summed E-state index contributed by atoms with van der Waals surface area (Å²) in [6, 6.07) is 0.659. The van der Waals surface area contributed by atoms with Gasteiger partial charge in [0.15, 0.2) is 0 Å². The van der Waals surface area contributed by atoms with Crippen LogP contribution in [0.2, 0.25) is 0 Å². The lowest BCUT2D eigenvalue weighted by Gasteiger charge is -2.42. The first-order valence-corrected chi connectivity index (χ1v) is 7.73. The molecule has 0 aromatic carbocycles. The van der Waals surface area contributed by atoms with Crippen molar-refractivity contribution < 1.29 is 0 Å². The van der Waals surface area contributed by atoms with E-state index in [1.807, 2.05) is 12.4 Å². The summed E-state index contributed by atoms with van der Waals surface area (Å²) in [5, 5.41) is 3.52. The quantitative estimate of drug-likeness (QED) is 0.897. The molecule has 1 aromatic rings. The highest BCUT2D eigenvalue weighted by atomic mass is 15.2. The van der Waals surface area contributed by atoms with E-state index in [1.165, 1.54) is 19.3 Å². The van der Waals surface area contributed by atoms with Gasteiger partial charge in [-0.25, -0.2) is 4.98 Å². The van der Waals surface area contributed by atoms with Crippen LogP contribution in [0.25, 0.3) is 0 Å². The Hall–Kier alpha value is -0.870. The van der Waals surface area contributed by atoms with Crippen molar-refractivity contribution in [3.63, 3.8) is 0 Å².